The standard InChI is InChI=1S/C26H22N2O4/c1-17-10-12-18(13-11-17)24-15-22(21-8-3-4-9-23(21)28-24)26(30)32-16-25(29)27-19-6-5-7-20(14-19)31-2/h3-15H,16H2,1-2H3,(H,27,29). The number of hydrogen-bond acceptors (Lipinski definition) is 5. The number of benzene rings is 3. The number of aryl methyl sites for hydroxylation is 1. The largest absolute Gasteiger partial charge is 0.497 e. The second-order valence-corrected chi connectivity index (χ2v) is 7.29. The van der Waals surface area contributed by atoms with Crippen molar-refractivity contribution in [2.45, 2.75) is 6.92 Å². The highest BCUT2D eigenvalue weighted by atomic mass is 16.5. The summed E-state index contributed by atoms with van der Waals surface area (Å²) in [5.41, 5.74) is 4.29. The molecule has 0 spiro atoms. The van der Waals surface area contributed by atoms with Crippen LogP contribution in [0.15, 0.2) is 78.9 Å². The van der Waals surface area contributed by atoms with E-state index >= 15 is 0 Å². The van der Waals surface area contributed by atoms with Crippen molar-refractivity contribution >= 4 is 28.5 Å². The van der Waals surface area contributed by atoms with E-state index in [0.717, 1.165) is 11.1 Å². The first-order valence-electron chi connectivity index (χ1n) is 10.1. The highest BCUT2D eigenvalue weighted by Gasteiger charge is 2.16. The number of methoxy groups -OCH3 is 1. The van der Waals surface area contributed by atoms with Gasteiger partial charge in [-0.1, -0.05) is 54.1 Å². The predicted octanol–water partition coefficient (Wildman–Crippen LogP) is 5.01. The number of nitrogens with one attached hydrogen (secondary N) is 1. The van der Waals surface area contributed by atoms with E-state index in [1.807, 2.05) is 55.5 Å². The Kier molecular flexibility index (Phi) is 6.12. The third-order valence-corrected chi connectivity index (χ3v) is 4.97. The van der Waals surface area contributed by atoms with E-state index in [1.165, 1.54) is 0 Å². The molecule has 0 fully saturated rings. The van der Waals surface area contributed by atoms with E-state index in [4.69, 9.17) is 9.47 Å². The molecule has 0 aliphatic carbocycles. The Labute approximate surface area is 185 Å². The Balaban J connectivity index is 1.54. The number of anilines is 1. The predicted molar refractivity (Wildman–Crippen MR) is 124 cm³/mol. The van der Waals surface area contributed by atoms with Crippen LogP contribution in [0.3, 0.4) is 0 Å². The average Bonchev–Trinajstić information content (AvgIpc) is 2.82. The summed E-state index contributed by atoms with van der Waals surface area (Å²) in [6.45, 7) is 1.60. The quantitative estimate of drug-likeness (QED) is 0.438. The van der Waals surface area contributed by atoms with Crippen molar-refractivity contribution in [1.82, 2.24) is 4.98 Å². The Morgan fingerprint density at radius 2 is 1.72 bits per heavy atom. The minimum absolute atomic E-state index is 0.361. The summed E-state index contributed by atoms with van der Waals surface area (Å²) >= 11 is 0. The summed E-state index contributed by atoms with van der Waals surface area (Å²) < 4.78 is 10.5. The van der Waals surface area contributed by atoms with Crippen LogP contribution in [0.2, 0.25) is 0 Å². The van der Waals surface area contributed by atoms with Crippen LogP contribution in [0, 0.1) is 6.92 Å². The van der Waals surface area contributed by atoms with Crippen LogP contribution in [0.1, 0.15) is 15.9 Å². The van der Waals surface area contributed by atoms with Gasteiger partial charge >= 0.3 is 5.97 Å². The number of hydrogen-bond donors (Lipinski definition) is 1. The van der Waals surface area contributed by atoms with Crippen LogP contribution < -0.4 is 10.1 Å². The van der Waals surface area contributed by atoms with E-state index in [-0.39, 0.29) is 0 Å². The molecule has 0 aliphatic heterocycles. The lowest BCUT2D eigenvalue weighted by Crippen LogP contribution is -2.21. The molecule has 6 nitrogen and oxygen atoms in total. The first-order valence-corrected chi connectivity index (χ1v) is 10.1. The smallest absolute Gasteiger partial charge is 0.339 e. The Morgan fingerprint density at radius 1 is 0.938 bits per heavy atom. The molecule has 0 saturated carbocycles. The number of carbonyl (C=O) groups excluding carboxylic acids is 2. The van der Waals surface area contributed by atoms with E-state index in [0.29, 0.717) is 33.6 Å². The van der Waals surface area contributed by atoms with Crippen molar-refractivity contribution in [2.24, 2.45) is 0 Å². The number of ether oxygens (including phenoxy) is 2. The molecule has 0 unspecified atom stereocenters. The van der Waals surface area contributed by atoms with Crippen LogP contribution in [0.5, 0.6) is 5.75 Å². The van der Waals surface area contributed by atoms with Gasteiger partial charge in [-0.15, -0.1) is 0 Å². The van der Waals surface area contributed by atoms with Crippen molar-refractivity contribution in [3.63, 3.8) is 0 Å². The van der Waals surface area contributed by atoms with Crippen LogP contribution in [0.4, 0.5) is 5.69 Å². The molecule has 0 saturated heterocycles. The highest BCUT2D eigenvalue weighted by molar-refractivity contribution is 6.05. The molecule has 1 N–H and O–H groups in total. The van der Waals surface area contributed by atoms with E-state index in [9.17, 15) is 9.59 Å². The lowest BCUT2D eigenvalue weighted by atomic mass is 10.0. The van der Waals surface area contributed by atoms with Crippen LogP contribution >= 0.6 is 0 Å². The fraction of sp³-hybridized carbons (Fsp3) is 0.115. The van der Waals surface area contributed by atoms with Crippen LogP contribution in [0.25, 0.3) is 22.2 Å². The second kappa shape index (κ2) is 9.31. The Morgan fingerprint density at radius 3 is 2.50 bits per heavy atom. The number of aromatic nitrogens is 1. The number of para-hydroxylation sites is 1. The number of fused-ring (bicyclic) bond motifs is 1. The molecule has 160 valence electrons. The number of nitrogens with zero attached hydrogens (tertiary/aromatic N) is 1. The zero-order valence-corrected chi connectivity index (χ0v) is 17.8. The number of rotatable bonds is 6. The third kappa shape index (κ3) is 4.75. The molecular weight excluding hydrogens is 404 g/mol. The lowest BCUT2D eigenvalue weighted by molar-refractivity contribution is -0.119. The maximum atomic E-state index is 12.9. The molecule has 0 bridgehead atoms. The van der Waals surface area contributed by atoms with E-state index in [1.54, 1.807) is 37.4 Å². The van der Waals surface area contributed by atoms with Gasteiger partial charge in [0.1, 0.15) is 5.75 Å². The fourth-order valence-electron chi connectivity index (χ4n) is 3.32. The highest BCUT2D eigenvalue weighted by Crippen LogP contribution is 2.26. The van der Waals surface area contributed by atoms with Gasteiger partial charge in [-0.2, -0.15) is 0 Å². The van der Waals surface area contributed by atoms with Gasteiger partial charge in [0, 0.05) is 22.7 Å². The van der Waals surface area contributed by atoms with Crippen LogP contribution in [-0.2, 0) is 9.53 Å². The molecule has 4 aromatic rings. The maximum Gasteiger partial charge on any atom is 0.339 e. The third-order valence-electron chi connectivity index (χ3n) is 4.97. The van der Waals surface area contributed by atoms with Gasteiger partial charge < -0.3 is 14.8 Å². The van der Waals surface area contributed by atoms with Crippen molar-refractivity contribution in [2.75, 3.05) is 19.0 Å². The lowest BCUT2D eigenvalue weighted by Gasteiger charge is -2.11. The van der Waals surface area contributed by atoms with Gasteiger partial charge in [0.2, 0.25) is 0 Å². The molecule has 32 heavy (non-hydrogen) atoms. The minimum Gasteiger partial charge on any atom is -0.497 e. The molecular formula is C26H22N2O4. The van der Waals surface area contributed by atoms with Crippen molar-refractivity contribution in [1.29, 1.82) is 0 Å². The molecule has 1 heterocycles. The average molecular weight is 426 g/mol. The zero-order valence-electron chi connectivity index (χ0n) is 17.8. The van der Waals surface area contributed by atoms with Crippen molar-refractivity contribution in [3.8, 4) is 17.0 Å². The maximum absolute atomic E-state index is 12.9. The van der Waals surface area contributed by atoms with E-state index in [2.05, 4.69) is 10.3 Å². The molecule has 1 aromatic heterocycles. The molecule has 3 aromatic carbocycles. The monoisotopic (exact) mass is 426 g/mol. The number of pyridine rings is 1. The summed E-state index contributed by atoms with van der Waals surface area (Å²) in [4.78, 5) is 29.9. The first-order chi connectivity index (χ1) is 15.5. The summed E-state index contributed by atoms with van der Waals surface area (Å²) in [6.07, 6.45) is 0. The summed E-state index contributed by atoms with van der Waals surface area (Å²) in [5.74, 6) is -0.409. The van der Waals surface area contributed by atoms with E-state index < -0.39 is 18.5 Å². The van der Waals surface area contributed by atoms with Gasteiger partial charge in [-0.25, -0.2) is 9.78 Å². The first kappa shape index (κ1) is 21.1. The van der Waals surface area contributed by atoms with Gasteiger partial charge in [0.05, 0.1) is 23.9 Å². The number of esters is 1. The molecule has 1 amide bonds. The van der Waals surface area contributed by atoms with Gasteiger partial charge in [0.15, 0.2) is 6.61 Å². The summed E-state index contributed by atoms with van der Waals surface area (Å²) in [5, 5.41) is 3.36. The number of amides is 1. The van der Waals surface area contributed by atoms with Gasteiger partial charge in [-0.05, 0) is 31.2 Å². The van der Waals surface area contributed by atoms with Crippen molar-refractivity contribution < 1.29 is 19.1 Å². The number of carbonyl (C=O) groups is 2. The normalized spacial score (nSPS) is 10.6. The Bertz CT molecular complexity index is 1280. The molecule has 6 heteroatoms. The second-order valence-electron chi connectivity index (χ2n) is 7.29. The zero-order chi connectivity index (χ0) is 22.5. The SMILES string of the molecule is COc1cccc(NC(=O)COC(=O)c2cc(-c3ccc(C)cc3)nc3ccccc23)c1. The van der Waals surface area contributed by atoms with Crippen LogP contribution in [-0.4, -0.2) is 30.6 Å². The van der Waals surface area contributed by atoms with Crippen molar-refractivity contribution in [3.05, 3.63) is 90.0 Å². The van der Waals surface area contributed by atoms with Gasteiger partial charge in [0.25, 0.3) is 5.91 Å². The minimum atomic E-state index is -0.585. The molecule has 0 radical (unpaired) electrons. The molecule has 0 atom stereocenters. The molecule has 4 rings (SSSR count). The molecule has 0 aliphatic rings. The summed E-state index contributed by atoms with van der Waals surface area (Å²) in [6, 6.07) is 23.9. The Hall–Kier alpha value is -4.19. The fourth-order valence-corrected chi connectivity index (χ4v) is 3.32. The van der Waals surface area contributed by atoms with Gasteiger partial charge in [-0.3, -0.25) is 4.79 Å². The summed E-state index contributed by atoms with van der Waals surface area (Å²) in [7, 11) is 1.55. The topological polar surface area (TPSA) is 77.5 Å².